The Hall–Kier alpha value is -2.08. The summed E-state index contributed by atoms with van der Waals surface area (Å²) in [6, 6.07) is 6.28. The second kappa shape index (κ2) is 8.30. The number of piperidine rings is 1. The molecular formula is C21H31N3O3. The molecule has 0 unspecified atom stereocenters. The highest BCUT2D eigenvalue weighted by atomic mass is 16.5. The SMILES string of the molecule is Cc1ccc(OCCN2C[C@H]3CC[C@@H](C2)N(CC(=O)N(C)C)C3=O)cc1C. The van der Waals surface area contributed by atoms with Gasteiger partial charge in [0.1, 0.15) is 18.9 Å². The van der Waals surface area contributed by atoms with Crippen molar-refractivity contribution in [3.8, 4) is 5.75 Å². The zero-order chi connectivity index (χ0) is 19.6. The highest BCUT2D eigenvalue weighted by molar-refractivity contribution is 5.86. The fraction of sp³-hybridized carbons (Fsp3) is 0.619. The number of hydrogen-bond acceptors (Lipinski definition) is 4. The molecule has 2 amide bonds. The number of benzene rings is 1. The third kappa shape index (κ3) is 4.61. The van der Waals surface area contributed by atoms with E-state index in [4.69, 9.17) is 4.74 Å². The Labute approximate surface area is 162 Å². The largest absolute Gasteiger partial charge is 0.492 e. The molecule has 0 aliphatic carbocycles. The van der Waals surface area contributed by atoms with E-state index in [1.165, 1.54) is 11.1 Å². The second-order valence-corrected chi connectivity index (χ2v) is 8.04. The number of nitrogens with zero attached hydrogens (tertiary/aromatic N) is 3. The summed E-state index contributed by atoms with van der Waals surface area (Å²) in [6.07, 6.45) is 1.90. The van der Waals surface area contributed by atoms with Crippen LogP contribution in [0.15, 0.2) is 18.2 Å². The maximum Gasteiger partial charge on any atom is 0.241 e. The van der Waals surface area contributed by atoms with Crippen LogP contribution in [0.1, 0.15) is 24.0 Å². The Kier molecular flexibility index (Phi) is 6.05. The summed E-state index contributed by atoms with van der Waals surface area (Å²) in [6.45, 7) is 7.35. The second-order valence-electron chi connectivity index (χ2n) is 8.04. The molecule has 6 nitrogen and oxygen atoms in total. The lowest BCUT2D eigenvalue weighted by molar-refractivity contribution is -0.145. The summed E-state index contributed by atoms with van der Waals surface area (Å²) in [5.41, 5.74) is 2.49. The fourth-order valence-corrected chi connectivity index (χ4v) is 3.90. The van der Waals surface area contributed by atoms with Crippen molar-refractivity contribution in [2.75, 3.05) is 46.9 Å². The zero-order valence-corrected chi connectivity index (χ0v) is 16.9. The number of likely N-dealkylation sites (N-methyl/N-ethyl adjacent to an activating group) is 1. The molecule has 6 heteroatoms. The minimum Gasteiger partial charge on any atom is -0.492 e. The highest BCUT2D eigenvalue weighted by Gasteiger charge is 2.41. The van der Waals surface area contributed by atoms with Gasteiger partial charge >= 0.3 is 0 Å². The number of carbonyl (C=O) groups excluding carboxylic acids is 2. The van der Waals surface area contributed by atoms with Crippen molar-refractivity contribution >= 4 is 11.8 Å². The molecule has 0 aromatic heterocycles. The molecule has 0 spiro atoms. The van der Waals surface area contributed by atoms with Crippen molar-refractivity contribution in [3.63, 3.8) is 0 Å². The molecule has 3 saturated heterocycles. The van der Waals surface area contributed by atoms with Crippen LogP contribution in [0, 0.1) is 19.8 Å². The van der Waals surface area contributed by atoms with E-state index >= 15 is 0 Å². The number of ether oxygens (including phenoxy) is 1. The van der Waals surface area contributed by atoms with Gasteiger partial charge in [-0.2, -0.15) is 0 Å². The quantitative estimate of drug-likeness (QED) is 0.762. The van der Waals surface area contributed by atoms with Gasteiger partial charge in [0.25, 0.3) is 0 Å². The van der Waals surface area contributed by atoms with E-state index in [9.17, 15) is 9.59 Å². The molecular weight excluding hydrogens is 342 g/mol. The first kappa shape index (κ1) is 19.7. The van der Waals surface area contributed by atoms with E-state index in [1.54, 1.807) is 23.9 Å². The predicted molar refractivity (Wildman–Crippen MR) is 105 cm³/mol. The molecule has 3 aliphatic heterocycles. The molecule has 0 saturated carbocycles. The van der Waals surface area contributed by atoms with Gasteiger partial charge in [0.2, 0.25) is 11.8 Å². The fourth-order valence-electron chi connectivity index (χ4n) is 3.90. The molecule has 3 heterocycles. The molecule has 1 aromatic rings. The van der Waals surface area contributed by atoms with Crippen molar-refractivity contribution in [2.45, 2.75) is 32.7 Å². The average Bonchev–Trinajstić information content (AvgIpc) is 2.90. The number of amides is 2. The van der Waals surface area contributed by atoms with E-state index < -0.39 is 0 Å². The third-order valence-corrected chi connectivity index (χ3v) is 5.83. The van der Waals surface area contributed by atoms with Crippen molar-refractivity contribution in [1.29, 1.82) is 0 Å². The third-order valence-electron chi connectivity index (χ3n) is 5.83. The van der Waals surface area contributed by atoms with Crippen LogP contribution in [0.3, 0.4) is 0 Å². The van der Waals surface area contributed by atoms with Crippen molar-refractivity contribution in [1.82, 2.24) is 14.7 Å². The Morgan fingerprint density at radius 1 is 1.19 bits per heavy atom. The van der Waals surface area contributed by atoms with Crippen LogP contribution in [0.2, 0.25) is 0 Å². The van der Waals surface area contributed by atoms with Crippen LogP contribution in [0.4, 0.5) is 0 Å². The lowest BCUT2D eigenvalue weighted by atomic mass is 9.94. The maximum atomic E-state index is 12.8. The van der Waals surface area contributed by atoms with Crippen LogP contribution in [0.25, 0.3) is 0 Å². The molecule has 0 N–H and O–H groups in total. The number of carbonyl (C=O) groups is 2. The first-order valence-corrected chi connectivity index (χ1v) is 9.78. The Morgan fingerprint density at radius 3 is 2.67 bits per heavy atom. The lowest BCUT2D eigenvalue weighted by Gasteiger charge is -2.36. The molecule has 3 fully saturated rings. The number of fused-ring (bicyclic) bond motifs is 4. The smallest absolute Gasteiger partial charge is 0.241 e. The Balaban J connectivity index is 1.57. The normalized spacial score (nSPS) is 22.7. The van der Waals surface area contributed by atoms with Crippen molar-refractivity contribution in [2.24, 2.45) is 5.92 Å². The van der Waals surface area contributed by atoms with E-state index in [1.807, 2.05) is 6.07 Å². The van der Waals surface area contributed by atoms with Crippen LogP contribution in [-0.2, 0) is 9.59 Å². The molecule has 2 bridgehead atoms. The molecule has 1 aromatic carbocycles. The van der Waals surface area contributed by atoms with Gasteiger partial charge in [0.15, 0.2) is 0 Å². The Bertz CT molecular complexity index is 704. The van der Waals surface area contributed by atoms with Gasteiger partial charge in [-0.3, -0.25) is 14.5 Å². The summed E-state index contributed by atoms with van der Waals surface area (Å²) < 4.78 is 5.92. The minimum absolute atomic E-state index is 0.000307. The summed E-state index contributed by atoms with van der Waals surface area (Å²) in [5.74, 6) is 1.02. The van der Waals surface area contributed by atoms with Gasteiger partial charge in [0.05, 0.1) is 5.92 Å². The Morgan fingerprint density at radius 2 is 1.96 bits per heavy atom. The van der Waals surface area contributed by atoms with Crippen LogP contribution in [0.5, 0.6) is 5.75 Å². The summed E-state index contributed by atoms with van der Waals surface area (Å²) in [4.78, 5) is 30.6. The maximum absolute atomic E-state index is 12.8. The van der Waals surface area contributed by atoms with Crippen molar-refractivity contribution < 1.29 is 14.3 Å². The van der Waals surface area contributed by atoms with E-state index in [0.29, 0.717) is 6.61 Å². The molecule has 4 rings (SSSR count). The zero-order valence-electron chi connectivity index (χ0n) is 16.9. The van der Waals surface area contributed by atoms with Crippen molar-refractivity contribution in [3.05, 3.63) is 29.3 Å². The minimum atomic E-state index is -0.0134. The van der Waals surface area contributed by atoms with Gasteiger partial charge in [0, 0.05) is 39.8 Å². The molecule has 0 radical (unpaired) electrons. The van der Waals surface area contributed by atoms with Crippen LogP contribution in [-0.4, -0.2) is 79.4 Å². The van der Waals surface area contributed by atoms with Crippen LogP contribution >= 0.6 is 0 Å². The average molecular weight is 373 g/mol. The first-order valence-electron chi connectivity index (χ1n) is 9.78. The predicted octanol–water partition coefficient (Wildman–Crippen LogP) is 1.69. The van der Waals surface area contributed by atoms with Gasteiger partial charge in [-0.05, 0) is 49.9 Å². The van der Waals surface area contributed by atoms with Gasteiger partial charge in [-0.15, -0.1) is 0 Å². The van der Waals surface area contributed by atoms with Gasteiger partial charge in [-0.1, -0.05) is 6.07 Å². The summed E-state index contributed by atoms with van der Waals surface area (Å²) >= 11 is 0. The molecule has 27 heavy (non-hydrogen) atoms. The highest BCUT2D eigenvalue weighted by Crippen LogP contribution is 2.29. The number of rotatable bonds is 6. The van der Waals surface area contributed by atoms with E-state index in [-0.39, 0.29) is 30.3 Å². The summed E-state index contributed by atoms with van der Waals surface area (Å²) in [7, 11) is 3.47. The molecule has 3 aliphatic rings. The molecule has 148 valence electrons. The first-order chi connectivity index (χ1) is 12.8. The van der Waals surface area contributed by atoms with E-state index in [0.717, 1.165) is 38.2 Å². The van der Waals surface area contributed by atoms with Gasteiger partial charge < -0.3 is 14.5 Å². The number of aryl methyl sites for hydroxylation is 2. The summed E-state index contributed by atoms with van der Waals surface area (Å²) in [5, 5.41) is 0. The number of hydrogen-bond donors (Lipinski definition) is 0. The lowest BCUT2D eigenvalue weighted by Crippen LogP contribution is -2.51. The molecule has 2 atom stereocenters. The van der Waals surface area contributed by atoms with Crippen LogP contribution < -0.4 is 4.74 Å². The topological polar surface area (TPSA) is 53.1 Å². The van der Waals surface area contributed by atoms with Gasteiger partial charge in [-0.25, -0.2) is 0 Å². The van der Waals surface area contributed by atoms with E-state index in [2.05, 4.69) is 30.9 Å². The monoisotopic (exact) mass is 373 g/mol. The standard InChI is InChI=1S/C21H31N3O3/c1-15-5-8-19(11-16(15)2)27-10-9-23-12-17-6-7-18(13-23)24(21(17)26)14-20(25)22(3)4/h5,8,11,17-18H,6-7,9-10,12-14H2,1-4H3/t17-,18+/m1/s1.